The lowest BCUT2D eigenvalue weighted by Crippen LogP contribution is -2.23. The van der Waals surface area contributed by atoms with Crippen molar-refractivity contribution >= 4 is 11.9 Å². The Morgan fingerprint density at radius 3 is 2.58 bits per heavy atom. The number of allylic oxidation sites excluding steroid dienone is 4. The number of nitro benzene ring substituents is 1. The maximum Gasteiger partial charge on any atom is 0.269 e. The summed E-state index contributed by atoms with van der Waals surface area (Å²) in [5.74, 6) is 0. The van der Waals surface area contributed by atoms with Crippen LogP contribution < -0.4 is 0 Å². The Morgan fingerprint density at radius 2 is 1.96 bits per heavy atom. The van der Waals surface area contributed by atoms with E-state index in [9.17, 15) is 20.2 Å². The Balaban J connectivity index is 2.25. The van der Waals surface area contributed by atoms with Gasteiger partial charge in [0.15, 0.2) is 0 Å². The maximum absolute atomic E-state index is 11.0. The summed E-state index contributed by atoms with van der Waals surface area (Å²) < 4.78 is 0. The molecule has 7 nitrogen and oxygen atoms in total. The lowest BCUT2D eigenvalue weighted by molar-refractivity contribution is -0.429. The van der Waals surface area contributed by atoms with Crippen LogP contribution >= 0.6 is 0 Å². The summed E-state index contributed by atoms with van der Waals surface area (Å²) in [5.41, 5.74) is -0.382. The summed E-state index contributed by atoms with van der Waals surface area (Å²) in [6.07, 6.45) is 6.96. The van der Waals surface area contributed by atoms with E-state index in [1.165, 1.54) is 18.2 Å². The van der Waals surface area contributed by atoms with Gasteiger partial charge in [-0.25, -0.2) is 0 Å². The smallest absolute Gasteiger partial charge is 0.269 e. The van der Waals surface area contributed by atoms with Crippen molar-refractivity contribution in [2.45, 2.75) is 32.7 Å². The van der Waals surface area contributed by atoms with Crippen LogP contribution in [0.4, 0.5) is 5.69 Å². The van der Waals surface area contributed by atoms with Gasteiger partial charge in [-0.3, -0.25) is 25.2 Å². The minimum atomic E-state index is -0.682. The van der Waals surface area contributed by atoms with Crippen LogP contribution in [0.3, 0.4) is 0 Å². The van der Waals surface area contributed by atoms with Crippen molar-refractivity contribution in [2.24, 2.45) is 10.4 Å². The minimum absolute atomic E-state index is 0.0121. The average Bonchev–Trinajstić information content (AvgIpc) is 2.53. The Labute approximate surface area is 139 Å². The highest BCUT2D eigenvalue weighted by Crippen LogP contribution is 2.33. The molecule has 0 bridgehead atoms. The zero-order valence-corrected chi connectivity index (χ0v) is 13.8. The molecular weight excluding hydrogens is 310 g/mol. The van der Waals surface area contributed by atoms with E-state index in [-0.39, 0.29) is 22.7 Å². The molecule has 0 heterocycles. The second-order valence-electron chi connectivity index (χ2n) is 6.58. The van der Waals surface area contributed by atoms with E-state index in [0.29, 0.717) is 5.56 Å². The zero-order chi connectivity index (χ0) is 18.0. The Hall–Kier alpha value is -2.83. The van der Waals surface area contributed by atoms with Gasteiger partial charge in [0.2, 0.25) is 5.70 Å². The van der Waals surface area contributed by atoms with Crippen LogP contribution in [-0.4, -0.2) is 16.1 Å². The third-order valence-electron chi connectivity index (χ3n) is 4.01. The highest BCUT2D eigenvalue weighted by Gasteiger charge is 2.30. The fraction of sp³-hybridized carbons (Fsp3) is 0.353. The van der Waals surface area contributed by atoms with Gasteiger partial charge in [0.25, 0.3) is 5.69 Å². The monoisotopic (exact) mass is 329 g/mol. The van der Waals surface area contributed by atoms with E-state index in [4.69, 9.17) is 0 Å². The number of hydrogen-bond acceptors (Lipinski definition) is 5. The van der Waals surface area contributed by atoms with Gasteiger partial charge < -0.3 is 0 Å². The number of hydrogen-bond donors (Lipinski definition) is 0. The van der Waals surface area contributed by atoms with E-state index >= 15 is 0 Å². The van der Waals surface area contributed by atoms with Gasteiger partial charge in [0, 0.05) is 29.8 Å². The number of benzene rings is 1. The van der Waals surface area contributed by atoms with Crippen molar-refractivity contribution in [3.05, 3.63) is 74.0 Å². The van der Waals surface area contributed by atoms with Crippen molar-refractivity contribution in [2.75, 3.05) is 0 Å². The molecular formula is C17H19N3O4. The van der Waals surface area contributed by atoms with Crippen molar-refractivity contribution in [3.63, 3.8) is 0 Å². The topological polar surface area (TPSA) is 98.6 Å². The van der Waals surface area contributed by atoms with Gasteiger partial charge in [-0.15, -0.1) is 0 Å². The van der Waals surface area contributed by atoms with Crippen molar-refractivity contribution in [1.82, 2.24) is 0 Å². The third kappa shape index (κ3) is 3.92. The Kier molecular flexibility index (Phi) is 4.64. The highest BCUT2D eigenvalue weighted by molar-refractivity contribution is 5.70. The van der Waals surface area contributed by atoms with Crippen LogP contribution in [0.5, 0.6) is 0 Å². The molecule has 0 saturated carbocycles. The molecule has 1 unspecified atom stereocenters. The predicted octanol–water partition coefficient (Wildman–Crippen LogP) is 4.03. The molecule has 0 fully saturated rings. The quantitative estimate of drug-likeness (QED) is 0.462. The normalized spacial score (nSPS) is 20.9. The SMILES string of the molecule is CC1(C=NC(C)(C)c2cccc([N+](=O)[O-])c2)C=CC=C([N+](=O)[O-])C1. The average molecular weight is 329 g/mol. The molecule has 0 spiro atoms. The van der Waals surface area contributed by atoms with Crippen LogP contribution in [-0.2, 0) is 5.54 Å². The fourth-order valence-corrected chi connectivity index (χ4v) is 2.48. The van der Waals surface area contributed by atoms with E-state index in [1.807, 2.05) is 26.8 Å². The van der Waals surface area contributed by atoms with E-state index in [0.717, 1.165) is 0 Å². The molecule has 0 radical (unpaired) electrons. The lowest BCUT2D eigenvalue weighted by Gasteiger charge is -2.26. The van der Waals surface area contributed by atoms with Gasteiger partial charge in [0.1, 0.15) is 0 Å². The lowest BCUT2D eigenvalue weighted by atomic mass is 9.83. The first-order chi connectivity index (χ1) is 11.1. The van der Waals surface area contributed by atoms with E-state index in [1.54, 1.807) is 24.4 Å². The van der Waals surface area contributed by atoms with Gasteiger partial charge in [-0.2, -0.15) is 0 Å². The zero-order valence-electron chi connectivity index (χ0n) is 13.8. The molecule has 0 N–H and O–H groups in total. The molecule has 1 atom stereocenters. The number of non-ortho nitro benzene ring substituents is 1. The summed E-state index contributed by atoms with van der Waals surface area (Å²) >= 11 is 0. The minimum Gasteiger partial charge on any atom is -0.286 e. The summed E-state index contributed by atoms with van der Waals surface area (Å²) in [4.78, 5) is 25.6. The van der Waals surface area contributed by atoms with Crippen molar-refractivity contribution in [1.29, 1.82) is 0 Å². The van der Waals surface area contributed by atoms with Gasteiger partial charge in [-0.05, 0) is 19.4 Å². The van der Waals surface area contributed by atoms with Crippen LogP contribution in [0.15, 0.2) is 53.2 Å². The molecule has 1 aliphatic carbocycles. The maximum atomic E-state index is 11.0. The van der Waals surface area contributed by atoms with Gasteiger partial charge in [-0.1, -0.05) is 31.2 Å². The van der Waals surface area contributed by atoms with Crippen LogP contribution in [0.1, 0.15) is 32.8 Å². The van der Waals surface area contributed by atoms with Crippen molar-refractivity contribution < 1.29 is 9.85 Å². The molecule has 126 valence electrons. The largest absolute Gasteiger partial charge is 0.286 e. The first kappa shape index (κ1) is 17.5. The van der Waals surface area contributed by atoms with Gasteiger partial charge >= 0.3 is 0 Å². The predicted molar refractivity (Wildman–Crippen MR) is 91.6 cm³/mol. The molecule has 0 aliphatic heterocycles. The van der Waals surface area contributed by atoms with Crippen LogP contribution in [0, 0.1) is 25.6 Å². The molecule has 7 heteroatoms. The second kappa shape index (κ2) is 6.35. The summed E-state index contributed by atoms with van der Waals surface area (Å²) in [5, 5.41) is 21.9. The van der Waals surface area contributed by atoms with Crippen LogP contribution in [0.2, 0.25) is 0 Å². The molecule has 0 aromatic heterocycles. The Bertz CT molecular complexity index is 765. The molecule has 2 rings (SSSR count). The highest BCUT2D eigenvalue weighted by atomic mass is 16.6. The number of nitrogens with zero attached hydrogens (tertiary/aromatic N) is 3. The molecule has 24 heavy (non-hydrogen) atoms. The summed E-state index contributed by atoms with van der Waals surface area (Å²) in [6, 6.07) is 6.34. The summed E-state index contributed by atoms with van der Waals surface area (Å²) in [6.45, 7) is 5.57. The van der Waals surface area contributed by atoms with E-state index in [2.05, 4.69) is 4.99 Å². The number of nitro groups is 2. The molecule has 1 aromatic carbocycles. The number of rotatable bonds is 5. The van der Waals surface area contributed by atoms with Crippen LogP contribution in [0.25, 0.3) is 0 Å². The molecule has 0 amide bonds. The fourth-order valence-electron chi connectivity index (χ4n) is 2.48. The van der Waals surface area contributed by atoms with Gasteiger partial charge in [0.05, 0.1) is 21.8 Å². The molecule has 0 saturated heterocycles. The first-order valence-electron chi connectivity index (χ1n) is 7.47. The first-order valence-corrected chi connectivity index (χ1v) is 7.47. The second-order valence-corrected chi connectivity index (χ2v) is 6.58. The third-order valence-corrected chi connectivity index (χ3v) is 4.01. The standard InChI is InChI=1S/C17H19N3O4/c1-16(2,13-6-4-7-14(10-13)19(21)22)18-12-17(3)9-5-8-15(11-17)20(23)24/h4-10,12H,11H2,1-3H3. The Morgan fingerprint density at radius 1 is 1.25 bits per heavy atom. The van der Waals surface area contributed by atoms with E-state index < -0.39 is 15.9 Å². The molecule has 1 aromatic rings. The number of aliphatic imine (C=N–C) groups is 1. The summed E-state index contributed by atoms with van der Waals surface area (Å²) in [7, 11) is 0. The van der Waals surface area contributed by atoms with Crippen molar-refractivity contribution in [3.8, 4) is 0 Å². The molecule has 1 aliphatic rings.